The Bertz CT molecular complexity index is 790. The third kappa shape index (κ3) is 4.20. The molecule has 1 fully saturated rings. The summed E-state index contributed by atoms with van der Waals surface area (Å²) in [5, 5.41) is 10.9. The van der Waals surface area contributed by atoms with Crippen LogP contribution in [0.2, 0.25) is 0 Å². The second kappa shape index (κ2) is 6.83. The Morgan fingerprint density at radius 3 is 2.57 bits per heavy atom. The Balaban J connectivity index is 1.78. The van der Waals surface area contributed by atoms with Gasteiger partial charge in [-0.15, -0.1) is 11.3 Å². The molecule has 0 radical (unpaired) electrons. The normalized spacial score (nSPS) is 19.7. The van der Waals surface area contributed by atoms with E-state index in [4.69, 9.17) is 5.26 Å². The fourth-order valence-corrected chi connectivity index (χ4v) is 5.39. The highest BCUT2D eigenvalue weighted by atomic mass is 32.2. The van der Waals surface area contributed by atoms with E-state index in [0.29, 0.717) is 18.5 Å². The van der Waals surface area contributed by atoms with E-state index in [1.165, 1.54) is 4.88 Å². The Hall–Kier alpha value is -1.68. The average Bonchev–Trinajstić information content (AvgIpc) is 3.16. The molecule has 0 amide bonds. The molecule has 1 saturated heterocycles. The van der Waals surface area contributed by atoms with Gasteiger partial charge < -0.3 is 0 Å². The van der Waals surface area contributed by atoms with Gasteiger partial charge in [0, 0.05) is 24.0 Å². The van der Waals surface area contributed by atoms with Crippen LogP contribution in [0.15, 0.2) is 41.8 Å². The SMILES string of the molecule is N#Cc1ccc(CN(Cc2cccs2)C2CCS(=O)(=O)C2)cc1. The smallest absolute Gasteiger partial charge is 0.151 e. The molecule has 2 aromatic rings. The monoisotopic (exact) mass is 346 g/mol. The van der Waals surface area contributed by atoms with Gasteiger partial charge in [-0.05, 0) is 35.6 Å². The highest BCUT2D eigenvalue weighted by molar-refractivity contribution is 7.91. The number of rotatable bonds is 5. The zero-order valence-corrected chi connectivity index (χ0v) is 14.3. The van der Waals surface area contributed by atoms with Crippen LogP contribution in [0.4, 0.5) is 0 Å². The maximum Gasteiger partial charge on any atom is 0.151 e. The van der Waals surface area contributed by atoms with E-state index in [1.54, 1.807) is 11.3 Å². The molecule has 23 heavy (non-hydrogen) atoms. The Labute approximate surface area is 140 Å². The average molecular weight is 346 g/mol. The van der Waals surface area contributed by atoms with Gasteiger partial charge in [-0.25, -0.2) is 8.42 Å². The van der Waals surface area contributed by atoms with Gasteiger partial charge in [0.2, 0.25) is 0 Å². The molecule has 120 valence electrons. The van der Waals surface area contributed by atoms with Crippen molar-refractivity contribution >= 4 is 21.2 Å². The first kappa shape index (κ1) is 16.2. The first-order valence-corrected chi connectivity index (χ1v) is 10.2. The van der Waals surface area contributed by atoms with Crippen molar-refractivity contribution < 1.29 is 8.42 Å². The molecule has 1 aliphatic heterocycles. The van der Waals surface area contributed by atoms with Crippen LogP contribution in [0.3, 0.4) is 0 Å². The number of hydrogen-bond donors (Lipinski definition) is 0. The molecule has 4 nitrogen and oxygen atoms in total. The van der Waals surface area contributed by atoms with Crippen LogP contribution >= 0.6 is 11.3 Å². The van der Waals surface area contributed by atoms with Gasteiger partial charge >= 0.3 is 0 Å². The number of thiophene rings is 1. The van der Waals surface area contributed by atoms with Crippen molar-refractivity contribution in [3.63, 3.8) is 0 Å². The highest BCUT2D eigenvalue weighted by Crippen LogP contribution is 2.23. The number of nitriles is 1. The molecular weight excluding hydrogens is 328 g/mol. The second-order valence-corrected chi connectivity index (χ2v) is 9.11. The summed E-state index contributed by atoms with van der Waals surface area (Å²) in [6, 6.07) is 13.8. The molecule has 0 spiro atoms. The number of hydrogen-bond acceptors (Lipinski definition) is 5. The maximum absolute atomic E-state index is 11.8. The Morgan fingerprint density at radius 1 is 1.22 bits per heavy atom. The highest BCUT2D eigenvalue weighted by Gasteiger charge is 2.32. The van der Waals surface area contributed by atoms with Crippen molar-refractivity contribution in [1.29, 1.82) is 5.26 Å². The lowest BCUT2D eigenvalue weighted by atomic mass is 10.1. The summed E-state index contributed by atoms with van der Waals surface area (Å²) in [4.78, 5) is 3.49. The zero-order valence-electron chi connectivity index (χ0n) is 12.7. The third-order valence-corrected chi connectivity index (χ3v) is 6.74. The van der Waals surface area contributed by atoms with Crippen LogP contribution in [-0.2, 0) is 22.9 Å². The van der Waals surface area contributed by atoms with Gasteiger partial charge in [-0.3, -0.25) is 4.90 Å². The predicted molar refractivity (Wildman–Crippen MR) is 91.8 cm³/mol. The summed E-state index contributed by atoms with van der Waals surface area (Å²) in [5.74, 6) is 0.528. The predicted octanol–water partition coefficient (Wildman–Crippen LogP) is 2.81. The molecule has 3 rings (SSSR count). The summed E-state index contributed by atoms with van der Waals surface area (Å²) in [6.07, 6.45) is 0.698. The van der Waals surface area contributed by atoms with Crippen LogP contribution < -0.4 is 0 Å². The van der Waals surface area contributed by atoms with Gasteiger partial charge in [0.25, 0.3) is 0 Å². The van der Waals surface area contributed by atoms with E-state index in [-0.39, 0.29) is 17.5 Å². The molecule has 0 saturated carbocycles. The van der Waals surface area contributed by atoms with Crippen LogP contribution in [0, 0.1) is 11.3 Å². The van der Waals surface area contributed by atoms with Gasteiger partial charge in [-0.1, -0.05) is 18.2 Å². The summed E-state index contributed by atoms with van der Waals surface area (Å²) < 4.78 is 23.6. The minimum Gasteiger partial charge on any atom is -0.290 e. The van der Waals surface area contributed by atoms with Crippen molar-refractivity contribution in [3.8, 4) is 6.07 Å². The minimum atomic E-state index is -2.90. The van der Waals surface area contributed by atoms with Crippen molar-refractivity contribution in [2.45, 2.75) is 25.6 Å². The zero-order chi connectivity index (χ0) is 16.3. The van der Waals surface area contributed by atoms with Crippen LogP contribution in [0.25, 0.3) is 0 Å². The molecule has 0 bridgehead atoms. The fourth-order valence-electron chi connectivity index (χ4n) is 2.90. The van der Waals surface area contributed by atoms with Crippen molar-refractivity contribution in [1.82, 2.24) is 4.90 Å². The molecule has 1 aliphatic rings. The van der Waals surface area contributed by atoms with E-state index in [2.05, 4.69) is 17.0 Å². The second-order valence-electron chi connectivity index (χ2n) is 5.85. The Kier molecular flexibility index (Phi) is 4.81. The van der Waals surface area contributed by atoms with E-state index >= 15 is 0 Å². The van der Waals surface area contributed by atoms with E-state index in [0.717, 1.165) is 12.1 Å². The van der Waals surface area contributed by atoms with Gasteiger partial charge in [0.15, 0.2) is 9.84 Å². The largest absolute Gasteiger partial charge is 0.290 e. The minimum absolute atomic E-state index is 0.0674. The molecule has 1 unspecified atom stereocenters. The van der Waals surface area contributed by atoms with E-state index < -0.39 is 9.84 Å². The standard InChI is InChI=1S/C17H18N2O2S2/c18-10-14-3-5-15(6-4-14)11-19(12-17-2-1-8-22-17)16-7-9-23(20,21)13-16/h1-6,8,16H,7,9,11-13H2. The Morgan fingerprint density at radius 2 is 2.00 bits per heavy atom. The molecule has 6 heteroatoms. The van der Waals surface area contributed by atoms with Crippen molar-refractivity contribution in [3.05, 3.63) is 57.8 Å². The lowest BCUT2D eigenvalue weighted by molar-refractivity contribution is 0.196. The van der Waals surface area contributed by atoms with Gasteiger partial charge in [0.05, 0.1) is 23.1 Å². The molecule has 0 aliphatic carbocycles. The molecule has 1 aromatic carbocycles. The molecule has 2 heterocycles. The van der Waals surface area contributed by atoms with E-state index in [1.807, 2.05) is 35.7 Å². The number of benzene rings is 1. The lowest BCUT2D eigenvalue weighted by Crippen LogP contribution is -2.35. The van der Waals surface area contributed by atoms with E-state index in [9.17, 15) is 8.42 Å². The first-order chi connectivity index (χ1) is 11.1. The topological polar surface area (TPSA) is 61.2 Å². The molecule has 1 aromatic heterocycles. The van der Waals surface area contributed by atoms with Crippen LogP contribution in [0.1, 0.15) is 22.4 Å². The van der Waals surface area contributed by atoms with Crippen molar-refractivity contribution in [2.75, 3.05) is 11.5 Å². The summed E-state index contributed by atoms with van der Waals surface area (Å²) in [6.45, 7) is 1.46. The lowest BCUT2D eigenvalue weighted by Gasteiger charge is -2.27. The number of sulfone groups is 1. The maximum atomic E-state index is 11.8. The fraction of sp³-hybridized carbons (Fsp3) is 0.353. The molecule has 0 N–H and O–H groups in total. The van der Waals surface area contributed by atoms with Gasteiger partial charge in [-0.2, -0.15) is 5.26 Å². The summed E-state index contributed by atoms with van der Waals surface area (Å²) in [7, 11) is -2.90. The summed E-state index contributed by atoms with van der Waals surface area (Å²) in [5.41, 5.74) is 1.74. The summed E-state index contributed by atoms with van der Waals surface area (Å²) >= 11 is 1.69. The number of nitrogens with zero attached hydrogens (tertiary/aromatic N) is 2. The molecular formula is C17H18N2O2S2. The first-order valence-electron chi connectivity index (χ1n) is 7.52. The van der Waals surface area contributed by atoms with Crippen molar-refractivity contribution in [2.24, 2.45) is 0 Å². The molecule has 1 atom stereocenters. The van der Waals surface area contributed by atoms with Gasteiger partial charge in [0.1, 0.15) is 0 Å². The third-order valence-electron chi connectivity index (χ3n) is 4.13. The van der Waals surface area contributed by atoms with Crippen LogP contribution in [-0.4, -0.2) is 30.9 Å². The van der Waals surface area contributed by atoms with Crippen LogP contribution in [0.5, 0.6) is 0 Å². The quantitative estimate of drug-likeness (QED) is 0.835.